The molecule has 32 heavy (non-hydrogen) atoms. The van der Waals surface area contributed by atoms with Crippen LogP contribution in [0.1, 0.15) is 34.6 Å². The van der Waals surface area contributed by atoms with Crippen molar-refractivity contribution in [3.8, 4) is 11.5 Å². The van der Waals surface area contributed by atoms with Crippen molar-refractivity contribution >= 4 is 29.0 Å². The van der Waals surface area contributed by atoms with E-state index in [-0.39, 0.29) is 22.8 Å². The Kier molecular flexibility index (Phi) is 5.67. The van der Waals surface area contributed by atoms with Gasteiger partial charge in [0.25, 0.3) is 5.91 Å². The van der Waals surface area contributed by atoms with E-state index in [1.165, 1.54) is 29.4 Å². The van der Waals surface area contributed by atoms with Crippen molar-refractivity contribution in [3.05, 3.63) is 88.0 Å². The summed E-state index contributed by atoms with van der Waals surface area (Å²) in [5, 5.41) is 21.3. The molecule has 3 aromatic rings. The van der Waals surface area contributed by atoms with Gasteiger partial charge in [-0.2, -0.15) is 0 Å². The number of furan rings is 1. The van der Waals surface area contributed by atoms with Crippen LogP contribution in [0.15, 0.2) is 70.5 Å². The number of ether oxygens (including phenoxy) is 1. The number of hydrogen-bond acceptors (Lipinski definition) is 6. The van der Waals surface area contributed by atoms with Gasteiger partial charge in [0.15, 0.2) is 23.0 Å². The second-order valence-corrected chi connectivity index (χ2v) is 7.65. The van der Waals surface area contributed by atoms with Gasteiger partial charge in [0, 0.05) is 10.7 Å². The highest BCUT2D eigenvalue weighted by atomic mass is 35.5. The molecule has 2 heterocycles. The molecule has 0 aliphatic carbocycles. The van der Waals surface area contributed by atoms with Crippen LogP contribution in [0.4, 0.5) is 5.69 Å². The van der Waals surface area contributed by atoms with Crippen LogP contribution in [0.2, 0.25) is 5.02 Å². The number of carbonyl (C=O) groups excluding carboxylic acids is 2. The molecule has 1 aliphatic heterocycles. The maximum absolute atomic E-state index is 13.2. The van der Waals surface area contributed by atoms with Crippen LogP contribution in [0, 0.1) is 6.92 Å². The van der Waals surface area contributed by atoms with E-state index >= 15 is 0 Å². The number of carbonyl (C=O) groups is 2. The van der Waals surface area contributed by atoms with E-state index < -0.39 is 23.5 Å². The van der Waals surface area contributed by atoms with Crippen LogP contribution in [0.25, 0.3) is 0 Å². The van der Waals surface area contributed by atoms with E-state index in [9.17, 15) is 19.8 Å². The molecule has 1 aliphatic rings. The van der Waals surface area contributed by atoms with Crippen LogP contribution >= 0.6 is 11.6 Å². The summed E-state index contributed by atoms with van der Waals surface area (Å²) in [4.78, 5) is 27.7. The zero-order valence-corrected chi connectivity index (χ0v) is 18.1. The summed E-state index contributed by atoms with van der Waals surface area (Å²) >= 11 is 6.29. The number of phenolic OH excluding ortho intramolecular Hbond substituents is 1. The summed E-state index contributed by atoms with van der Waals surface area (Å²) in [5.74, 6) is -1.97. The molecule has 2 aromatic carbocycles. The molecule has 2 N–H and O–H groups in total. The molecular formula is C24H20ClNO6. The standard InChI is InChI=1S/C24H20ClNO6/c1-3-31-19-11-14(7-9-17(19)27)21-20(22(28)18-5-4-10-32-18)23(29)24(30)26(21)15-8-6-13(2)16(25)12-15/h4-12,21,27,29H,3H2,1-2H3. The number of aryl methyl sites for hydroxylation is 1. The van der Waals surface area contributed by atoms with E-state index in [0.717, 1.165) is 5.56 Å². The minimum Gasteiger partial charge on any atom is -0.504 e. The fourth-order valence-electron chi connectivity index (χ4n) is 3.66. The lowest BCUT2D eigenvalue weighted by Crippen LogP contribution is -2.31. The van der Waals surface area contributed by atoms with Gasteiger partial charge in [-0.3, -0.25) is 14.5 Å². The largest absolute Gasteiger partial charge is 0.504 e. The Hall–Kier alpha value is -3.71. The average Bonchev–Trinajstić information content (AvgIpc) is 3.39. The molecule has 1 aromatic heterocycles. The lowest BCUT2D eigenvalue weighted by Gasteiger charge is -2.27. The van der Waals surface area contributed by atoms with Crippen molar-refractivity contribution in [2.24, 2.45) is 0 Å². The van der Waals surface area contributed by atoms with Crippen molar-refractivity contribution in [1.82, 2.24) is 0 Å². The number of benzene rings is 2. The first kappa shape index (κ1) is 21.5. The molecule has 0 saturated heterocycles. The fourth-order valence-corrected chi connectivity index (χ4v) is 3.84. The highest BCUT2D eigenvalue weighted by molar-refractivity contribution is 6.31. The Labute approximate surface area is 189 Å². The van der Waals surface area contributed by atoms with Crippen molar-refractivity contribution in [2.75, 3.05) is 11.5 Å². The molecule has 4 rings (SSSR count). The number of rotatable bonds is 6. The van der Waals surface area contributed by atoms with Crippen LogP contribution in [0.3, 0.4) is 0 Å². The molecule has 0 saturated carbocycles. The maximum atomic E-state index is 13.2. The molecule has 7 nitrogen and oxygen atoms in total. The van der Waals surface area contributed by atoms with Gasteiger partial charge in [-0.05, 0) is 61.4 Å². The Morgan fingerprint density at radius 2 is 1.97 bits per heavy atom. The van der Waals surface area contributed by atoms with Gasteiger partial charge in [0.05, 0.1) is 24.5 Å². The minimum absolute atomic E-state index is 0.0167. The maximum Gasteiger partial charge on any atom is 0.294 e. The van der Waals surface area contributed by atoms with Gasteiger partial charge in [-0.25, -0.2) is 0 Å². The Balaban J connectivity index is 1.91. The summed E-state index contributed by atoms with van der Waals surface area (Å²) in [6.07, 6.45) is 1.34. The van der Waals surface area contributed by atoms with Gasteiger partial charge in [0.1, 0.15) is 0 Å². The number of Topliss-reactive ketones (excluding diaryl/α,β-unsaturated/α-hetero) is 1. The smallest absolute Gasteiger partial charge is 0.294 e. The van der Waals surface area contributed by atoms with Crippen LogP contribution in [0.5, 0.6) is 11.5 Å². The number of phenols is 1. The predicted molar refractivity (Wildman–Crippen MR) is 118 cm³/mol. The lowest BCUT2D eigenvalue weighted by atomic mass is 9.94. The van der Waals surface area contributed by atoms with Crippen molar-refractivity contribution < 1.29 is 29.0 Å². The molecule has 1 amide bonds. The molecule has 1 unspecified atom stereocenters. The van der Waals surface area contributed by atoms with E-state index in [1.807, 2.05) is 6.92 Å². The highest BCUT2D eigenvalue weighted by Gasteiger charge is 2.45. The zero-order valence-electron chi connectivity index (χ0n) is 17.3. The Morgan fingerprint density at radius 3 is 2.62 bits per heavy atom. The highest BCUT2D eigenvalue weighted by Crippen LogP contribution is 2.44. The summed E-state index contributed by atoms with van der Waals surface area (Å²) in [5.41, 5.74) is 1.52. The number of anilines is 1. The first-order chi connectivity index (χ1) is 15.3. The second-order valence-electron chi connectivity index (χ2n) is 7.24. The number of hydrogen-bond donors (Lipinski definition) is 2. The van der Waals surface area contributed by atoms with E-state index in [1.54, 1.807) is 37.3 Å². The molecule has 1 atom stereocenters. The SMILES string of the molecule is CCOc1cc(C2C(C(=O)c3ccco3)=C(O)C(=O)N2c2ccc(C)c(Cl)c2)ccc1O. The van der Waals surface area contributed by atoms with Crippen LogP contribution in [-0.4, -0.2) is 28.5 Å². The number of aliphatic hydroxyl groups is 1. The molecular weight excluding hydrogens is 434 g/mol. The number of amides is 1. The van der Waals surface area contributed by atoms with Gasteiger partial charge in [-0.1, -0.05) is 23.7 Å². The normalized spacial score (nSPS) is 16.0. The van der Waals surface area contributed by atoms with Gasteiger partial charge in [-0.15, -0.1) is 0 Å². The number of nitrogens with zero attached hydrogens (tertiary/aromatic N) is 1. The van der Waals surface area contributed by atoms with Gasteiger partial charge in [0.2, 0.25) is 5.78 Å². The molecule has 0 fully saturated rings. The molecule has 164 valence electrons. The van der Waals surface area contributed by atoms with Crippen LogP contribution in [-0.2, 0) is 4.79 Å². The van der Waals surface area contributed by atoms with E-state index in [0.29, 0.717) is 22.9 Å². The molecule has 0 radical (unpaired) electrons. The Morgan fingerprint density at radius 1 is 1.19 bits per heavy atom. The summed E-state index contributed by atoms with van der Waals surface area (Å²) in [6.45, 7) is 3.89. The third-order valence-corrected chi connectivity index (χ3v) is 5.64. The summed E-state index contributed by atoms with van der Waals surface area (Å²) in [7, 11) is 0. The average molecular weight is 454 g/mol. The number of aliphatic hydroxyl groups excluding tert-OH is 1. The number of ketones is 1. The monoisotopic (exact) mass is 453 g/mol. The zero-order chi connectivity index (χ0) is 23.0. The van der Waals surface area contributed by atoms with Crippen molar-refractivity contribution in [3.63, 3.8) is 0 Å². The third-order valence-electron chi connectivity index (χ3n) is 5.23. The van der Waals surface area contributed by atoms with Crippen molar-refractivity contribution in [1.29, 1.82) is 0 Å². The molecule has 8 heteroatoms. The number of aromatic hydroxyl groups is 1. The predicted octanol–water partition coefficient (Wildman–Crippen LogP) is 5.13. The van der Waals surface area contributed by atoms with E-state index in [2.05, 4.69) is 0 Å². The van der Waals surface area contributed by atoms with Gasteiger partial charge < -0.3 is 19.4 Å². The first-order valence-electron chi connectivity index (χ1n) is 9.90. The lowest BCUT2D eigenvalue weighted by molar-refractivity contribution is -0.117. The topological polar surface area (TPSA) is 100 Å². The summed E-state index contributed by atoms with van der Waals surface area (Å²) in [6, 6.07) is 11.5. The third kappa shape index (κ3) is 3.61. The van der Waals surface area contributed by atoms with E-state index in [4.69, 9.17) is 20.8 Å². The molecule has 0 spiro atoms. The fraction of sp³-hybridized carbons (Fsp3) is 0.167. The van der Waals surface area contributed by atoms with Crippen LogP contribution < -0.4 is 9.64 Å². The molecule has 0 bridgehead atoms. The Bertz CT molecular complexity index is 1230. The quantitative estimate of drug-likeness (QED) is 0.502. The minimum atomic E-state index is -1.00. The van der Waals surface area contributed by atoms with Crippen molar-refractivity contribution in [2.45, 2.75) is 19.9 Å². The number of halogens is 1. The first-order valence-corrected chi connectivity index (χ1v) is 10.3. The second kappa shape index (κ2) is 8.43. The summed E-state index contributed by atoms with van der Waals surface area (Å²) < 4.78 is 10.7. The van der Waals surface area contributed by atoms with Gasteiger partial charge >= 0.3 is 0 Å².